The molecule has 0 unspecified atom stereocenters. The minimum Gasteiger partial charge on any atom is -0.490 e. The van der Waals surface area contributed by atoms with Crippen LogP contribution in [0.3, 0.4) is 0 Å². The monoisotopic (exact) mass is 424 g/mol. The third kappa shape index (κ3) is 4.26. The molecule has 1 aliphatic rings. The van der Waals surface area contributed by atoms with Crippen molar-refractivity contribution in [1.82, 2.24) is 10.2 Å². The highest BCUT2D eigenvalue weighted by molar-refractivity contribution is 9.10. The third-order valence-corrected chi connectivity index (χ3v) is 4.26. The highest BCUT2D eigenvalue weighted by Gasteiger charge is 2.30. The predicted molar refractivity (Wildman–Crippen MR) is 102 cm³/mol. The van der Waals surface area contributed by atoms with Crippen LogP contribution in [-0.2, 0) is 9.59 Å². The maximum absolute atomic E-state index is 12.3. The van der Waals surface area contributed by atoms with E-state index in [2.05, 4.69) is 27.8 Å². The second kappa shape index (κ2) is 8.26. The standard InChI is InChI=1S/C17H17BrN2O4S/c1-4-6-24-14-12(18)8-10(9-13(14)23-5-2)7-11-15(21)19-17(25)20(3)16(11)22/h4,7-9H,1,5-6H2,2-3H3,(H,19,21,25)/b11-7+. The van der Waals surface area contributed by atoms with Gasteiger partial charge in [-0.3, -0.25) is 19.8 Å². The number of ether oxygens (including phenoxy) is 2. The maximum Gasteiger partial charge on any atom is 0.265 e. The molecule has 1 aromatic carbocycles. The van der Waals surface area contributed by atoms with Gasteiger partial charge in [0.2, 0.25) is 0 Å². The fourth-order valence-corrected chi connectivity index (χ4v) is 2.88. The number of thiocarbonyl (C=S) groups is 1. The van der Waals surface area contributed by atoms with Crippen molar-refractivity contribution in [3.8, 4) is 11.5 Å². The summed E-state index contributed by atoms with van der Waals surface area (Å²) in [5.41, 5.74) is 0.603. The molecule has 0 atom stereocenters. The number of nitrogens with one attached hydrogen (secondary N) is 1. The van der Waals surface area contributed by atoms with Crippen molar-refractivity contribution in [2.45, 2.75) is 6.92 Å². The van der Waals surface area contributed by atoms with Gasteiger partial charge in [-0.05, 0) is 58.8 Å². The molecule has 1 aromatic rings. The fourth-order valence-electron chi connectivity index (χ4n) is 2.13. The number of benzene rings is 1. The molecule has 1 heterocycles. The topological polar surface area (TPSA) is 67.9 Å². The summed E-state index contributed by atoms with van der Waals surface area (Å²) in [7, 11) is 1.51. The van der Waals surface area contributed by atoms with Crippen LogP contribution >= 0.6 is 28.1 Å². The Morgan fingerprint density at radius 2 is 2.08 bits per heavy atom. The first-order valence-electron chi connectivity index (χ1n) is 7.44. The zero-order chi connectivity index (χ0) is 18.6. The molecule has 6 nitrogen and oxygen atoms in total. The second-order valence-electron chi connectivity index (χ2n) is 5.04. The van der Waals surface area contributed by atoms with Crippen molar-refractivity contribution in [3.05, 3.63) is 40.4 Å². The van der Waals surface area contributed by atoms with Crippen molar-refractivity contribution in [2.24, 2.45) is 0 Å². The van der Waals surface area contributed by atoms with Crippen molar-refractivity contribution in [1.29, 1.82) is 0 Å². The van der Waals surface area contributed by atoms with E-state index in [1.54, 1.807) is 18.2 Å². The number of nitrogens with zero attached hydrogens (tertiary/aromatic N) is 1. The largest absolute Gasteiger partial charge is 0.490 e. The van der Waals surface area contributed by atoms with Gasteiger partial charge < -0.3 is 9.47 Å². The zero-order valence-electron chi connectivity index (χ0n) is 13.8. The molecule has 1 N–H and O–H groups in total. The van der Waals surface area contributed by atoms with Gasteiger partial charge in [0.15, 0.2) is 16.6 Å². The molecule has 0 spiro atoms. The summed E-state index contributed by atoms with van der Waals surface area (Å²) in [6.07, 6.45) is 3.11. The van der Waals surface area contributed by atoms with Crippen LogP contribution in [0.2, 0.25) is 0 Å². The van der Waals surface area contributed by atoms with Crippen LogP contribution in [0, 0.1) is 0 Å². The van der Waals surface area contributed by atoms with E-state index in [1.807, 2.05) is 6.92 Å². The molecule has 0 bridgehead atoms. The van der Waals surface area contributed by atoms with Crippen LogP contribution in [0.5, 0.6) is 11.5 Å². The Morgan fingerprint density at radius 1 is 1.36 bits per heavy atom. The molecule has 1 aliphatic heterocycles. The summed E-state index contributed by atoms with van der Waals surface area (Å²) in [6.45, 7) is 6.23. The van der Waals surface area contributed by atoms with E-state index in [0.29, 0.717) is 34.7 Å². The molecule has 0 aromatic heterocycles. The van der Waals surface area contributed by atoms with Crippen molar-refractivity contribution in [2.75, 3.05) is 20.3 Å². The van der Waals surface area contributed by atoms with E-state index in [4.69, 9.17) is 21.7 Å². The Morgan fingerprint density at radius 3 is 2.72 bits per heavy atom. The van der Waals surface area contributed by atoms with E-state index in [0.717, 1.165) is 0 Å². The lowest BCUT2D eigenvalue weighted by atomic mass is 10.1. The quantitative estimate of drug-likeness (QED) is 0.329. The van der Waals surface area contributed by atoms with Gasteiger partial charge in [-0.15, -0.1) is 0 Å². The predicted octanol–water partition coefficient (Wildman–Crippen LogP) is 2.67. The lowest BCUT2D eigenvalue weighted by molar-refractivity contribution is -0.128. The van der Waals surface area contributed by atoms with Gasteiger partial charge in [-0.1, -0.05) is 12.7 Å². The zero-order valence-corrected chi connectivity index (χ0v) is 16.2. The summed E-state index contributed by atoms with van der Waals surface area (Å²) in [4.78, 5) is 25.6. The molecule has 0 aliphatic carbocycles. The number of hydrogen-bond donors (Lipinski definition) is 1. The van der Waals surface area contributed by atoms with E-state index in [-0.39, 0.29) is 10.7 Å². The minimum atomic E-state index is -0.533. The van der Waals surface area contributed by atoms with Crippen molar-refractivity contribution >= 4 is 51.2 Å². The summed E-state index contributed by atoms with van der Waals surface area (Å²) < 4.78 is 11.8. The highest BCUT2D eigenvalue weighted by atomic mass is 79.9. The maximum atomic E-state index is 12.3. The average Bonchev–Trinajstić information content (AvgIpc) is 2.56. The van der Waals surface area contributed by atoms with Gasteiger partial charge in [-0.25, -0.2) is 0 Å². The molecular formula is C17H17BrN2O4S. The molecule has 8 heteroatoms. The first-order valence-corrected chi connectivity index (χ1v) is 8.64. The Bertz CT molecular complexity index is 776. The van der Waals surface area contributed by atoms with Crippen LogP contribution < -0.4 is 14.8 Å². The molecule has 2 amide bonds. The molecule has 2 rings (SSSR count). The lowest BCUT2D eigenvalue weighted by Gasteiger charge is -2.25. The Labute approximate surface area is 159 Å². The number of likely N-dealkylation sites (N-methyl/N-ethyl adjacent to an activating group) is 1. The van der Waals surface area contributed by atoms with Gasteiger partial charge in [0.1, 0.15) is 12.2 Å². The lowest BCUT2D eigenvalue weighted by Crippen LogP contribution is -2.52. The Kier molecular flexibility index (Phi) is 6.33. The average molecular weight is 425 g/mol. The molecular weight excluding hydrogens is 408 g/mol. The van der Waals surface area contributed by atoms with Gasteiger partial charge in [-0.2, -0.15) is 0 Å². The van der Waals surface area contributed by atoms with Gasteiger partial charge in [0, 0.05) is 7.05 Å². The molecule has 0 saturated carbocycles. The van der Waals surface area contributed by atoms with Crippen LogP contribution in [0.1, 0.15) is 12.5 Å². The number of amides is 2. The first-order chi connectivity index (χ1) is 11.9. The Balaban J connectivity index is 2.45. The van der Waals surface area contributed by atoms with E-state index >= 15 is 0 Å². The molecule has 25 heavy (non-hydrogen) atoms. The third-order valence-electron chi connectivity index (χ3n) is 3.29. The first kappa shape index (κ1) is 19.1. The molecule has 132 valence electrons. The normalized spacial score (nSPS) is 16.0. The summed E-state index contributed by atoms with van der Waals surface area (Å²) in [6, 6.07) is 3.44. The number of halogens is 1. The van der Waals surface area contributed by atoms with Gasteiger partial charge >= 0.3 is 0 Å². The molecule has 1 saturated heterocycles. The summed E-state index contributed by atoms with van der Waals surface area (Å²) >= 11 is 8.36. The van der Waals surface area contributed by atoms with E-state index in [9.17, 15) is 9.59 Å². The Hall–Kier alpha value is -2.19. The van der Waals surface area contributed by atoms with Crippen LogP contribution in [0.4, 0.5) is 0 Å². The smallest absolute Gasteiger partial charge is 0.265 e. The van der Waals surface area contributed by atoms with Crippen molar-refractivity contribution < 1.29 is 19.1 Å². The highest BCUT2D eigenvalue weighted by Crippen LogP contribution is 2.37. The summed E-state index contributed by atoms with van der Waals surface area (Å²) in [5, 5.41) is 2.55. The van der Waals surface area contributed by atoms with Crippen LogP contribution in [-0.4, -0.2) is 42.1 Å². The molecule has 0 radical (unpaired) electrons. The fraction of sp³-hybridized carbons (Fsp3) is 0.235. The second-order valence-corrected chi connectivity index (χ2v) is 6.29. The minimum absolute atomic E-state index is 0.00907. The number of hydrogen-bond acceptors (Lipinski definition) is 5. The van der Waals surface area contributed by atoms with Crippen LogP contribution in [0.25, 0.3) is 6.08 Å². The number of carbonyl (C=O) groups excluding carboxylic acids is 2. The van der Waals surface area contributed by atoms with Gasteiger partial charge in [0.05, 0.1) is 11.1 Å². The number of rotatable bonds is 6. The van der Waals surface area contributed by atoms with Crippen molar-refractivity contribution in [3.63, 3.8) is 0 Å². The summed E-state index contributed by atoms with van der Waals surface area (Å²) in [5.74, 6) is 0.0312. The van der Waals surface area contributed by atoms with Crippen LogP contribution in [0.15, 0.2) is 34.8 Å². The molecule has 1 fully saturated rings. The van der Waals surface area contributed by atoms with E-state index < -0.39 is 11.8 Å². The van der Waals surface area contributed by atoms with E-state index in [1.165, 1.54) is 18.0 Å². The SMILES string of the molecule is C=CCOc1c(Br)cc(/C=C2\C(=O)NC(=S)N(C)C2=O)cc1OCC. The van der Waals surface area contributed by atoms with Gasteiger partial charge in [0.25, 0.3) is 11.8 Å². The number of carbonyl (C=O) groups is 2.